The van der Waals surface area contributed by atoms with Crippen molar-refractivity contribution in [3.8, 4) is 11.1 Å². The van der Waals surface area contributed by atoms with Crippen LogP contribution in [0.1, 0.15) is 19.0 Å². The number of aromatic amines is 1. The average molecular weight is 319 g/mol. The predicted molar refractivity (Wildman–Crippen MR) is 98.9 cm³/mol. The summed E-state index contributed by atoms with van der Waals surface area (Å²) in [6.45, 7) is 4.25. The largest absolute Gasteiger partial charge is 0.396 e. The molecule has 4 heteroatoms. The molecule has 0 aliphatic heterocycles. The number of aryl methyl sites for hydroxylation is 1. The smallest absolute Gasteiger partial charge is 0.0495 e. The zero-order valence-electron chi connectivity index (χ0n) is 14.0. The summed E-state index contributed by atoms with van der Waals surface area (Å²) >= 11 is 0. The molecule has 0 aliphatic carbocycles. The summed E-state index contributed by atoms with van der Waals surface area (Å²) < 4.78 is 0. The van der Waals surface area contributed by atoms with Gasteiger partial charge in [-0.25, -0.2) is 0 Å². The van der Waals surface area contributed by atoms with Gasteiger partial charge in [-0.15, -0.1) is 0 Å². The van der Waals surface area contributed by atoms with Gasteiger partial charge in [0.2, 0.25) is 0 Å². The number of pyridine rings is 2. The fourth-order valence-corrected chi connectivity index (χ4v) is 2.56. The summed E-state index contributed by atoms with van der Waals surface area (Å²) in [5, 5.41) is 10.2. The normalized spacial score (nSPS) is 10.6. The third-order valence-electron chi connectivity index (χ3n) is 3.87. The van der Waals surface area contributed by atoms with Crippen molar-refractivity contribution in [3.05, 3.63) is 60.7 Å². The molecule has 0 aliphatic rings. The standard InChI is InChI=1S/C17H13N3.C3H8O/c1-11-2-3-13(9-19-11)12-4-5-14-15-10-18-7-6-16(15)20-17(14)8-12;1-2-3-4/h2-10,20H,1H3;4H,2-3H2,1H3. The summed E-state index contributed by atoms with van der Waals surface area (Å²) in [5.74, 6) is 0. The molecule has 0 fully saturated rings. The molecule has 3 aromatic heterocycles. The van der Waals surface area contributed by atoms with Crippen LogP contribution in [0.15, 0.2) is 55.0 Å². The zero-order chi connectivity index (χ0) is 16.9. The second-order valence-corrected chi connectivity index (χ2v) is 5.72. The lowest BCUT2D eigenvalue weighted by atomic mass is 10.1. The van der Waals surface area contributed by atoms with Gasteiger partial charge >= 0.3 is 0 Å². The number of hydrogen-bond acceptors (Lipinski definition) is 3. The van der Waals surface area contributed by atoms with Crippen LogP contribution in [-0.4, -0.2) is 26.7 Å². The molecule has 2 N–H and O–H groups in total. The molecule has 0 atom stereocenters. The molecule has 0 saturated heterocycles. The van der Waals surface area contributed by atoms with E-state index in [0.29, 0.717) is 6.61 Å². The van der Waals surface area contributed by atoms with E-state index in [2.05, 4.69) is 39.2 Å². The number of aliphatic hydroxyl groups is 1. The Morgan fingerprint density at radius 3 is 2.46 bits per heavy atom. The molecule has 0 saturated carbocycles. The van der Waals surface area contributed by atoms with E-state index in [1.54, 1.807) is 0 Å². The lowest BCUT2D eigenvalue weighted by Gasteiger charge is -2.02. The second-order valence-electron chi connectivity index (χ2n) is 5.72. The number of hydrogen-bond donors (Lipinski definition) is 2. The Balaban J connectivity index is 0.000000383. The number of nitrogens with one attached hydrogen (secondary N) is 1. The van der Waals surface area contributed by atoms with Crippen LogP contribution in [-0.2, 0) is 0 Å². The van der Waals surface area contributed by atoms with E-state index < -0.39 is 0 Å². The van der Waals surface area contributed by atoms with Crippen molar-refractivity contribution in [1.29, 1.82) is 0 Å². The van der Waals surface area contributed by atoms with Gasteiger partial charge in [0.1, 0.15) is 0 Å². The molecular formula is C20H21N3O. The minimum absolute atomic E-state index is 0.319. The van der Waals surface area contributed by atoms with E-state index in [1.165, 1.54) is 10.9 Å². The van der Waals surface area contributed by atoms with E-state index in [0.717, 1.165) is 34.1 Å². The van der Waals surface area contributed by atoms with Crippen LogP contribution in [0.3, 0.4) is 0 Å². The SMILES string of the molecule is CCCO.Cc1ccc(-c2ccc3c(c2)[nH]c2ccncc23)cn1. The third-order valence-corrected chi connectivity index (χ3v) is 3.87. The Hall–Kier alpha value is -2.72. The maximum absolute atomic E-state index is 7.88. The summed E-state index contributed by atoms with van der Waals surface area (Å²) in [4.78, 5) is 12.0. The highest BCUT2D eigenvalue weighted by Crippen LogP contribution is 2.28. The van der Waals surface area contributed by atoms with Crippen molar-refractivity contribution in [1.82, 2.24) is 15.0 Å². The molecule has 24 heavy (non-hydrogen) atoms. The molecule has 0 bridgehead atoms. The number of aromatic nitrogens is 3. The van der Waals surface area contributed by atoms with E-state index in [-0.39, 0.29) is 0 Å². The topological polar surface area (TPSA) is 61.8 Å². The molecular weight excluding hydrogens is 298 g/mol. The molecule has 1 aromatic carbocycles. The van der Waals surface area contributed by atoms with Crippen molar-refractivity contribution in [3.63, 3.8) is 0 Å². The fourth-order valence-electron chi connectivity index (χ4n) is 2.56. The maximum Gasteiger partial charge on any atom is 0.0495 e. The number of benzene rings is 1. The summed E-state index contributed by atoms with van der Waals surface area (Å²) in [6, 6.07) is 12.6. The van der Waals surface area contributed by atoms with E-state index in [4.69, 9.17) is 5.11 Å². The minimum Gasteiger partial charge on any atom is -0.396 e. The average Bonchev–Trinajstić information content (AvgIpc) is 3.00. The molecule has 3 heterocycles. The first-order chi connectivity index (χ1) is 11.7. The van der Waals surface area contributed by atoms with Gasteiger partial charge in [0.25, 0.3) is 0 Å². The molecule has 0 radical (unpaired) electrons. The number of fused-ring (bicyclic) bond motifs is 3. The van der Waals surface area contributed by atoms with Crippen molar-refractivity contribution < 1.29 is 5.11 Å². The lowest BCUT2D eigenvalue weighted by Crippen LogP contribution is -1.82. The first-order valence-electron chi connectivity index (χ1n) is 8.12. The van der Waals surface area contributed by atoms with E-state index in [1.807, 2.05) is 44.6 Å². The van der Waals surface area contributed by atoms with Gasteiger partial charge in [0, 0.05) is 58.3 Å². The second kappa shape index (κ2) is 7.23. The number of nitrogens with zero attached hydrogens (tertiary/aromatic N) is 2. The van der Waals surface area contributed by atoms with Crippen molar-refractivity contribution >= 4 is 21.8 Å². The highest BCUT2D eigenvalue weighted by atomic mass is 16.2. The quantitative estimate of drug-likeness (QED) is 0.573. The van der Waals surface area contributed by atoms with Crippen molar-refractivity contribution in [2.24, 2.45) is 0 Å². The summed E-state index contributed by atoms with van der Waals surface area (Å²) in [6.07, 6.45) is 6.50. The molecule has 0 unspecified atom stereocenters. The highest BCUT2D eigenvalue weighted by Gasteiger charge is 2.06. The van der Waals surface area contributed by atoms with Crippen molar-refractivity contribution in [2.75, 3.05) is 6.61 Å². The van der Waals surface area contributed by atoms with Gasteiger partial charge < -0.3 is 10.1 Å². The Morgan fingerprint density at radius 1 is 0.958 bits per heavy atom. The maximum atomic E-state index is 7.88. The zero-order valence-corrected chi connectivity index (χ0v) is 14.0. The van der Waals surface area contributed by atoms with Crippen LogP contribution >= 0.6 is 0 Å². The molecule has 4 nitrogen and oxygen atoms in total. The summed E-state index contributed by atoms with van der Waals surface area (Å²) in [7, 11) is 0. The minimum atomic E-state index is 0.319. The monoisotopic (exact) mass is 319 g/mol. The molecule has 4 aromatic rings. The number of H-pyrrole nitrogens is 1. The number of rotatable bonds is 2. The van der Waals surface area contributed by atoms with Crippen LogP contribution in [0.5, 0.6) is 0 Å². The Kier molecular flexibility index (Phi) is 4.87. The van der Waals surface area contributed by atoms with Crippen LogP contribution < -0.4 is 0 Å². The van der Waals surface area contributed by atoms with Gasteiger partial charge in [-0.1, -0.05) is 25.1 Å². The van der Waals surface area contributed by atoms with E-state index in [9.17, 15) is 0 Å². The first kappa shape index (κ1) is 16.1. The molecule has 0 amide bonds. The highest BCUT2D eigenvalue weighted by molar-refractivity contribution is 6.07. The Labute approximate surface area is 141 Å². The Bertz CT molecular complexity index is 940. The fraction of sp³-hybridized carbons (Fsp3) is 0.200. The van der Waals surface area contributed by atoms with Gasteiger partial charge in [0.15, 0.2) is 0 Å². The third kappa shape index (κ3) is 3.29. The van der Waals surface area contributed by atoms with Crippen LogP contribution in [0.2, 0.25) is 0 Å². The van der Waals surface area contributed by atoms with Gasteiger partial charge in [-0.2, -0.15) is 0 Å². The Morgan fingerprint density at radius 2 is 1.75 bits per heavy atom. The predicted octanol–water partition coefficient (Wildman–Crippen LogP) is 4.48. The van der Waals surface area contributed by atoms with E-state index >= 15 is 0 Å². The lowest BCUT2D eigenvalue weighted by molar-refractivity contribution is 0.295. The van der Waals surface area contributed by atoms with Gasteiger partial charge in [-0.3, -0.25) is 9.97 Å². The van der Waals surface area contributed by atoms with Gasteiger partial charge in [0.05, 0.1) is 0 Å². The molecule has 122 valence electrons. The van der Waals surface area contributed by atoms with Crippen LogP contribution in [0.4, 0.5) is 0 Å². The van der Waals surface area contributed by atoms with Crippen molar-refractivity contribution in [2.45, 2.75) is 20.3 Å². The molecule has 4 rings (SSSR count). The number of aliphatic hydroxyl groups excluding tert-OH is 1. The van der Waals surface area contributed by atoms with Gasteiger partial charge in [-0.05, 0) is 37.1 Å². The molecule has 0 spiro atoms. The first-order valence-corrected chi connectivity index (χ1v) is 8.12. The van der Waals surface area contributed by atoms with Crippen LogP contribution in [0.25, 0.3) is 32.9 Å². The summed E-state index contributed by atoms with van der Waals surface area (Å²) in [5.41, 5.74) is 5.59. The van der Waals surface area contributed by atoms with Crippen LogP contribution in [0, 0.1) is 6.92 Å².